The minimum Gasteiger partial charge on any atom is -0.310 e. The van der Waals surface area contributed by atoms with Crippen LogP contribution in [-0.2, 0) is 19.3 Å². The number of hydrogen-bond acceptors (Lipinski definition) is 1. The van der Waals surface area contributed by atoms with Crippen LogP contribution in [0.3, 0.4) is 0 Å². The minimum atomic E-state index is 1.01. The molecule has 30 heavy (non-hydrogen) atoms. The van der Waals surface area contributed by atoms with Gasteiger partial charge in [0.05, 0.1) is 5.69 Å². The van der Waals surface area contributed by atoms with Crippen molar-refractivity contribution in [3.63, 3.8) is 0 Å². The lowest BCUT2D eigenvalue weighted by molar-refractivity contribution is 1.03. The summed E-state index contributed by atoms with van der Waals surface area (Å²) in [5.41, 5.74) is 12.5. The Kier molecular flexibility index (Phi) is 4.88. The maximum atomic E-state index is 2.46. The second-order valence-electron chi connectivity index (χ2n) is 7.94. The largest absolute Gasteiger partial charge is 0.310 e. The molecule has 0 heterocycles. The van der Waals surface area contributed by atoms with Gasteiger partial charge in [-0.25, -0.2) is 0 Å². The van der Waals surface area contributed by atoms with Gasteiger partial charge in [-0.05, 0) is 83.0 Å². The molecule has 0 amide bonds. The summed E-state index contributed by atoms with van der Waals surface area (Å²) in [5.74, 6) is 0. The fourth-order valence-electron chi connectivity index (χ4n) is 4.89. The molecule has 0 aromatic heterocycles. The fraction of sp³-hybridized carbons (Fsp3) is 0.172. The normalized spacial score (nSPS) is 11.8. The molecule has 0 radical (unpaired) electrons. The lowest BCUT2D eigenvalue weighted by Gasteiger charge is -2.31. The van der Waals surface area contributed by atoms with Crippen molar-refractivity contribution in [1.29, 1.82) is 0 Å². The molecule has 0 bridgehead atoms. The summed E-state index contributed by atoms with van der Waals surface area (Å²) in [6.45, 7) is 4.58. The number of para-hydroxylation sites is 2. The zero-order chi connectivity index (χ0) is 20.5. The monoisotopic (exact) mass is 389 g/mol. The molecule has 0 saturated carbocycles. The van der Waals surface area contributed by atoms with E-state index in [0.29, 0.717) is 0 Å². The highest BCUT2D eigenvalue weighted by molar-refractivity contribution is 5.88. The first-order valence-corrected chi connectivity index (χ1v) is 11.0. The van der Waals surface area contributed by atoms with Gasteiger partial charge in [0.2, 0.25) is 0 Å². The van der Waals surface area contributed by atoms with Crippen LogP contribution in [0, 0.1) is 0 Å². The maximum Gasteiger partial charge on any atom is 0.0528 e. The van der Waals surface area contributed by atoms with Crippen LogP contribution in [0.1, 0.15) is 36.1 Å². The highest BCUT2D eigenvalue weighted by atomic mass is 15.1. The molecule has 1 heteroatoms. The van der Waals surface area contributed by atoms with Gasteiger partial charge in [-0.3, -0.25) is 0 Å². The van der Waals surface area contributed by atoms with Crippen molar-refractivity contribution in [2.45, 2.75) is 33.1 Å². The van der Waals surface area contributed by atoms with E-state index in [1.54, 1.807) is 0 Å². The van der Waals surface area contributed by atoms with Crippen LogP contribution in [0.5, 0.6) is 0 Å². The average Bonchev–Trinajstić information content (AvgIpc) is 3.18. The second-order valence-corrected chi connectivity index (χ2v) is 7.94. The molecule has 0 spiro atoms. The van der Waals surface area contributed by atoms with Crippen LogP contribution in [-0.4, -0.2) is 0 Å². The van der Waals surface area contributed by atoms with E-state index in [-0.39, 0.29) is 0 Å². The molecule has 4 aromatic rings. The predicted octanol–water partition coefficient (Wildman–Crippen LogP) is 7.85. The standard InChI is InChI=1S/C29H27N/c1-3-21-19-28-26-18-12-11-13-22(26)20-27(28)25(4-2)29(21)30(23-14-7-5-8-15-23)24-16-9-6-10-17-24/h5-19H,3-4,20H2,1-2H3. The SMILES string of the molecule is CCc1cc2c(c(CC)c1N(c1ccccc1)c1ccccc1)Cc1ccccc1-2. The van der Waals surface area contributed by atoms with E-state index in [2.05, 4.69) is 110 Å². The number of fused-ring (bicyclic) bond motifs is 3. The van der Waals surface area contributed by atoms with E-state index in [9.17, 15) is 0 Å². The highest BCUT2D eigenvalue weighted by Crippen LogP contribution is 2.47. The molecule has 0 aliphatic heterocycles. The van der Waals surface area contributed by atoms with Crippen LogP contribution in [0.15, 0.2) is 91.0 Å². The van der Waals surface area contributed by atoms with Crippen molar-refractivity contribution in [3.05, 3.63) is 113 Å². The molecule has 0 atom stereocenters. The first-order valence-electron chi connectivity index (χ1n) is 11.0. The third-order valence-corrected chi connectivity index (χ3v) is 6.26. The Labute approximate surface area is 179 Å². The zero-order valence-electron chi connectivity index (χ0n) is 17.7. The summed E-state index contributed by atoms with van der Waals surface area (Å²) in [7, 11) is 0. The zero-order valence-corrected chi connectivity index (χ0v) is 17.7. The summed E-state index contributed by atoms with van der Waals surface area (Å²) in [4.78, 5) is 2.46. The Hall–Kier alpha value is -3.32. The van der Waals surface area contributed by atoms with Crippen molar-refractivity contribution < 1.29 is 0 Å². The third-order valence-electron chi connectivity index (χ3n) is 6.26. The van der Waals surface area contributed by atoms with Gasteiger partial charge < -0.3 is 4.90 Å². The smallest absolute Gasteiger partial charge is 0.0528 e. The van der Waals surface area contributed by atoms with Crippen LogP contribution in [0.4, 0.5) is 17.1 Å². The Bertz CT molecular complexity index is 1140. The van der Waals surface area contributed by atoms with Crippen LogP contribution < -0.4 is 4.90 Å². The average molecular weight is 390 g/mol. The highest BCUT2D eigenvalue weighted by Gasteiger charge is 2.27. The number of rotatable bonds is 5. The maximum absolute atomic E-state index is 2.46. The summed E-state index contributed by atoms with van der Waals surface area (Å²) < 4.78 is 0. The lowest BCUT2D eigenvalue weighted by atomic mass is 9.91. The van der Waals surface area contributed by atoms with Crippen LogP contribution in [0.25, 0.3) is 11.1 Å². The van der Waals surface area contributed by atoms with E-state index < -0.39 is 0 Å². The van der Waals surface area contributed by atoms with Crippen molar-refractivity contribution in [1.82, 2.24) is 0 Å². The molecular weight excluding hydrogens is 362 g/mol. The van der Waals surface area contributed by atoms with Gasteiger partial charge in [-0.1, -0.05) is 74.5 Å². The topological polar surface area (TPSA) is 3.24 Å². The van der Waals surface area contributed by atoms with Crippen molar-refractivity contribution in [2.24, 2.45) is 0 Å². The Morgan fingerprint density at radius 2 is 1.27 bits per heavy atom. The number of benzene rings is 4. The molecule has 1 aliphatic carbocycles. The summed E-state index contributed by atoms with van der Waals surface area (Å²) in [6.07, 6.45) is 3.06. The van der Waals surface area contributed by atoms with Crippen LogP contribution >= 0.6 is 0 Å². The number of hydrogen-bond donors (Lipinski definition) is 0. The van der Waals surface area contributed by atoms with E-state index in [4.69, 9.17) is 0 Å². The molecule has 148 valence electrons. The fourth-order valence-corrected chi connectivity index (χ4v) is 4.89. The van der Waals surface area contributed by atoms with Crippen molar-refractivity contribution >= 4 is 17.1 Å². The molecule has 0 fully saturated rings. The number of aryl methyl sites for hydroxylation is 1. The van der Waals surface area contributed by atoms with Crippen molar-refractivity contribution in [2.75, 3.05) is 4.90 Å². The number of nitrogens with zero attached hydrogens (tertiary/aromatic N) is 1. The molecule has 5 rings (SSSR count). The Balaban J connectivity index is 1.80. The molecule has 0 saturated heterocycles. The predicted molar refractivity (Wildman–Crippen MR) is 128 cm³/mol. The second kappa shape index (κ2) is 7.84. The summed E-state index contributed by atoms with van der Waals surface area (Å²) in [5, 5.41) is 0. The van der Waals surface area contributed by atoms with Gasteiger partial charge in [0.1, 0.15) is 0 Å². The van der Waals surface area contributed by atoms with E-state index in [0.717, 1.165) is 19.3 Å². The van der Waals surface area contributed by atoms with Gasteiger partial charge in [-0.2, -0.15) is 0 Å². The molecule has 0 N–H and O–H groups in total. The third kappa shape index (κ3) is 3.02. The van der Waals surface area contributed by atoms with Gasteiger partial charge in [0.25, 0.3) is 0 Å². The quantitative estimate of drug-likeness (QED) is 0.296. The molecular formula is C29H27N. The Morgan fingerprint density at radius 1 is 0.667 bits per heavy atom. The number of anilines is 3. The first kappa shape index (κ1) is 18.7. The first-order chi connectivity index (χ1) is 14.8. The minimum absolute atomic E-state index is 1.01. The summed E-state index contributed by atoms with van der Waals surface area (Å²) >= 11 is 0. The van der Waals surface area contributed by atoms with Gasteiger partial charge >= 0.3 is 0 Å². The van der Waals surface area contributed by atoms with Gasteiger partial charge in [0.15, 0.2) is 0 Å². The van der Waals surface area contributed by atoms with E-state index in [1.165, 1.54) is 50.4 Å². The van der Waals surface area contributed by atoms with Gasteiger partial charge in [0, 0.05) is 11.4 Å². The Morgan fingerprint density at radius 3 is 1.87 bits per heavy atom. The summed E-state index contributed by atoms with van der Waals surface area (Å²) in [6, 6.07) is 32.9. The molecule has 1 nitrogen and oxygen atoms in total. The molecule has 1 aliphatic rings. The van der Waals surface area contributed by atoms with E-state index in [1.807, 2.05) is 0 Å². The molecule has 4 aromatic carbocycles. The van der Waals surface area contributed by atoms with Crippen molar-refractivity contribution in [3.8, 4) is 11.1 Å². The lowest BCUT2D eigenvalue weighted by Crippen LogP contribution is -2.15. The molecule has 0 unspecified atom stereocenters. The van der Waals surface area contributed by atoms with E-state index >= 15 is 0 Å². The van der Waals surface area contributed by atoms with Gasteiger partial charge in [-0.15, -0.1) is 0 Å². The van der Waals surface area contributed by atoms with Crippen LogP contribution in [0.2, 0.25) is 0 Å².